The lowest BCUT2D eigenvalue weighted by atomic mass is 10.2. The second-order valence-electron chi connectivity index (χ2n) is 7.06. The zero-order valence-corrected chi connectivity index (χ0v) is 18.2. The fraction of sp³-hybridized carbons (Fsp3) is 0.381. The smallest absolute Gasteiger partial charge is 0.226 e. The summed E-state index contributed by atoms with van der Waals surface area (Å²) in [5.41, 5.74) is 5.17. The Hall–Kier alpha value is -2.80. The molecular weight excluding hydrogens is 390 g/mol. The molecular formula is C21H26ClN5O2. The van der Waals surface area contributed by atoms with Crippen molar-refractivity contribution in [2.24, 2.45) is 0 Å². The highest BCUT2D eigenvalue weighted by atomic mass is 35.5. The summed E-state index contributed by atoms with van der Waals surface area (Å²) in [6.45, 7) is 8.68. The predicted octanol–water partition coefficient (Wildman–Crippen LogP) is 4.05. The van der Waals surface area contributed by atoms with Gasteiger partial charge in [-0.2, -0.15) is 10.2 Å². The van der Waals surface area contributed by atoms with Crippen LogP contribution >= 0.6 is 11.6 Å². The molecule has 0 atom stereocenters. The Morgan fingerprint density at radius 3 is 2.48 bits per heavy atom. The van der Waals surface area contributed by atoms with E-state index in [-0.39, 0.29) is 5.91 Å². The molecule has 154 valence electrons. The molecule has 0 aliphatic heterocycles. The maximum Gasteiger partial charge on any atom is 0.226 e. The van der Waals surface area contributed by atoms with Gasteiger partial charge in [-0.05, 0) is 45.4 Å². The van der Waals surface area contributed by atoms with E-state index in [1.54, 1.807) is 11.8 Å². The minimum atomic E-state index is -0.0826. The standard InChI is InChI=1S/C21H26ClN5O2/c1-13-20(22)15(3)26(24-13)10-9-19(28)23-21-14(2)25-27(16(21)4)12-17-7-6-8-18(11-17)29-5/h6-8,11H,9-10,12H2,1-5H3,(H,23,28). The first-order valence-electron chi connectivity index (χ1n) is 9.46. The molecule has 0 bridgehead atoms. The molecule has 0 spiro atoms. The van der Waals surface area contributed by atoms with Gasteiger partial charge in [-0.25, -0.2) is 0 Å². The number of hydrogen-bond donors (Lipinski definition) is 1. The summed E-state index contributed by atoms with van der Waals surface area (Å²) >= 11 is 6.17. The largest absolute Gasteiger partial charge is 0.497 e. The van der Waals surface area contributed by atoms with Crippen LogP contribution in [-0.4, -0.2) is 32.6 Å². The third kappa shape index (κ3) is 4.62. The molecule has 1 N–H and O–H groups in total. The van der Waals surface area contributed by atoms with Crippen molar-refractivity contribution in [3.05, 3.63) is 57.6 Å². The van der Waals surface area contributed by atoms with Gasteiger partial charge >= 0.3 is 0 Å². The molecule has 0 unspecified atom stereocenters. The molecule has 1 amide bonds. The average molecular weight is 416 g/mol. The molecule has 0 aliphatic rings. The fourth-order valence-electron chi connectivity index (χ4n) is 3.28. The van der Waals surface area contributed by atoms with Gasteiger partial charge < -0.3 is 10.1 Å². The van der Waals surface area contributed by atoms with Crippen molar-refractivity contribution >= 4 is 23.2 Å². The zero-order chi connectivity index (χ0) is 21.1. The van der Waals surface area contributed by atoms with Crippen LogP contribution < -0.4 is 10.1 Å². The summed E-state index contributed by atoms with van der Waals surface area (Å²) in [7, 11) is 1.65. The van der Waals surface area contributed by atoms with E-state index < -0.39 is 0 Å². The SMILES string of the molecule is COc1cccc(Cn2nc(C)c(NC(=O)CCn3nc(C)c(Cl)c3C)c2C)c1. The number of hydrogen-bond acceptors (Lipinski definition) is 4. The van der Waals surface area contributed by atoms with Crippen LogP contribution in [0.3, 0.4) is 0 Å². The Kier molecular flexibility index (Phi) is 6.27. The molecule has 8 heteroatoms. The fourth-order valence-corrected chi connectivity index (χ4v) is 3.41. The van der Waals surface area contributed by atoms with Crippen LogP contribution in [0.1, 0.15) is 34.8 Å². The molecule has 0 saturated carbocycles. The van der Waals surface area contributed by atoms with Gasteiger partial charge in [-0.1, -0.05) is 23.7 Å². The number of rotatable bonds is 7. The Morgan fingerprint density at radius 2 is 1.83 bits per heavy atom. The molecule has 0 radical (unpaired) electrons. The molecule has 7 nitrogen and oxygen atoms in total. The van der Waals surface area contributed by atoms with Crippen LogP contribution in [0.25, 0.3) is 0 Å². The van der Waals surface area contributed by atoms with Crippen molar-refractivity contribution in [2.45, 2.75) is 47.2 Å². The molecule has 0 aliphatic carbocycles. The van der Waals surface area contributed by atoms with Gasteiger partial charge in [0.05, 0.1) is 53.7 Å². The Balaban J connectivity index is 1.67. The van der Waals surface area contributed by atoms with E-state index in [4.69, 9.17) is 16.3 Å². The first-order chi connectivity index (χ1) is 13.8. The lowest BCUT2D eigenvalue weighted by Gasteiger charge is -2.09. The van der Waals surface area contributed by atoms with Crippen LogP contribution in [0.5, 0.6) is 5.75 Å². The van der Waals surface area contributed by atoms with Crippen molar-refractivity contribution in [2.75, 3.05) is 12.4 Å². The number of methoxy groups -OCH3 is 1. The van der Waals surface area contributed by atoms with Crippen LogP contribution in [0.2, 0.25) is 5.02 Å². The molecule has 0 saturated heterocycles. The number of carbonyl (C=O) groups is 1. The zero-order valence-electron chi connectivity index (χ0n) is 17.4. The maximum absolute atomic E-state index is 12.5. The van der Waals surface area contributed by atoms with Crippen molar-refractivity contribution < 1.29 is 9.53 Å². The van der Waals surface area contributed by atoms with E-state index in [1.807, 2.05) is 56.6 Å². The molecule has 0 fully saturated rings. The second kappa shape index (κ2) is 8.69. The minimum Gasteiger partial charge on any atom is -0.497 e. The van der Waals surface area contributed by atoms with E-state index in [0.29, 0.717) is 24.5 Å². The summed E-state index contributed by atoms with van der Waals surface area (Å²) in [5.74, 6) is 0.725. The molecule has 2 heterocycles. The summed E-state index contributed by atoms with van der Waals surface area (Å²) in [5, 5.41) is 12.6. The van der Waals surface area contributed by atoms with Crippen molar-refractivity contribution in [1.82, 2.24) is 19.6 Å². The van der Waals surface area contributed by atoms with Crippen LogP contribution in [0, 0.1) is 27.7 Å². The number of ether oxygens (including phenoxy) is 1. The summed E-state index contributed by atoms with van der Waals surface area (Å²) in [6, 6.07) is 7.87. The quantitative estimate of drug-likeness (QED) is 0.631. The summed E-state index contributed by atoms with van der Waals surface area (Å²) in [4.78, 5) is 12.5. The predicted molar refractivity (Wildman–Crippen MR) is 114 cm³/mol. The van der Waals surface area contributed by atoms with E-state index in [0.717, 1.165) is 39.8 Å². The van der Waals surface area contributed by atoms with Gasteiger partial charge in [-0.15, -0.1) is 0 Å². The number of anilines is 1. The van der Waals surface area contributed by atoms with Crippen molar-refractivity contribution in [3.63, 3.8) is 0 Å². The van der Waals surface area contributed by atoms with Crippen LogP contribution in [-0.2, 0) is 17.9 Å². The van der Waals surface area contributed by atoms with Gasteiger partial charge in [0, 0.05) is 6.42 Å². The maximum atomic E-state index is 12.5. The van der Waals surface area contributed by atoms with E-state index >= 15 is 0 Å². The second-order valence-corrected chi connectivity index (χ2v) is 7.44. The molecule has 2 aromatic heterocycles. The number of nitrogens with zero attached hydrogens (tertiary/aromatic N) is 4. The van der Waals surface area contributed by atoms with Crippen molar-refractivity contribution in [3.8, 4) is 5.75 Å². The number of nitrogens with one attached hydrogen (secondary N) is 1. The topological polar surface area (TPSA) is 74.0 Å². The van der Waals surface area contributed by atoms with E-state index in [9.17, 15) is 4.79 Å². The molecule has 3 aromatic rings. The molecule has 3 rings (SSSR count). The minimum absolute atomic E-state index is 0.0826. The number of benzene rings is 1. The molecule has 1 aromatic carbocycles. The Morgan fingerprint density at radius 1 is 1.10 bits per heavy atom. The van der Waals surface area contributed by atoms with Gasteiger partial charge in [0.15, 0.2) is 0 Å². The lowest BCUT2D eigenvalue weighted by Crippen LogP contribution is -2.16. The summed E-state index contributed by atoms with van der Waals surface area (Å²) < 4.78 is 8.94. The van der Waals surface area contributed by atoms with Gasteiger partial charge in [-0.3, -0.25) is 14.2 Å². The number of halogens is 1. The number of aryl methyl sites for hydroxylation is 3. The van der Waals surface area contributed by atoms with Gasteiger partial charge in [0.2, 0.25) is 5.91 Å². The van der Waals surface area contributed by atoms with E-state index in [2.05, 4.69) is 15.5 Å². The Labute approximate surface area is 175 Å². The average Bonchev–Trinajstić information content (AvgIpc) is 3.10. The van der Waals surface area contributed by atoms with Gasteiger partial charge in [0.1, 0.15) is 5.75 Å². The first kappa shape index (κ1) is 20.9. The van der Waals surface area contributed by atoms with Gasteiger partial charge in [0.25, 0.3) is 0 Å². The number of aromatic nitrogens is 4. The van der Waals surface area contributed by atoms with E-state index in [1.165, 1.54) is 0 Å². The normalized spacial score (nSPS) is 11.0. The van der Waals surface area contributed by atoms with Crippen molar-refractivity contribution in [1.29, 1.82) is 0 Å². The third-order valence-electron chi connectivity index (χ3n) is 4.96. The van der Waals surface area contributed by atoms with Crippen LogP contribution in [0.15, 0.2) is 24.3 Å². The lowest BCUT2D eigenvalue weighted by molar-refractivity contribution is -0.116. The highest BCUT2D eigenvalue weighted by Gasteiger charge is 2.16. The number of carbonyl (C=O) groups excluding carboxylic acids is 1. The third-order valence-corrected chi connectivity index (χ3v) is 5.50. The highest BCUT2D eigenvalue weighted by Crippen LogP contribution is 2.22. The first-order valence-corrected chi connectivity index (χ1v) is 9.84. The number of amides is 1. The Bertz CT molecular complexity index is 1040. The van der Waals surface area contributed by atoms with Crippen LogP contribution in [0.4, 0.5) is 5.69 Å². The highest BCUT2D eigenvalue weighted by molar-refractivity contribution is 6.31. The molecule has 29 heavy (non-hydrogen) atoms. The monoisotopic (exact) mass is 415 g/mol. The summed E-state index contributed by atoms with van der Waals surface area (Å²) in [6.07, 6.45) is 0.304.